The molecule has 0 fully saturated rings. The van der Waals surface area contributed by atoms with Crippen LogP contribution in [0.5, 0.6) is 5.75 Å². The number of halogens is 3. The first-order chi connectivity index (χ1) is 6.63. The molecular weight excluding hydrogens is 214 g/mol. The molecule has 1 aromatic carbocycles. The lowest BCUT2D eigenvalue weighted by atomic mass is 10.3. The molecule has 1 atom stereocenters. The maximum Gasteiger partial charge on any atom is 0.167 e. The average Bonchev–Trinajstić information content (AvgIpc) is 2.16. The van der Waals surface area contributed by atoms with Crippen molar-refractivity contribution in [3.8, 4) is 5.75 Å². The van der Waals surface area contributed by atoms with Gasteiger partial charge in [0.2, 0.25) is 0 Å². The summed E-state index contributed by atoms with van der Waals surface area (Å²) in [6.07, 6.45) is -0.860. The third-order valence-corrected chi connectivity index (χ3v) is 1.86. The van der Waals surface area contributed by atoms with Gasteiger partial charge in [-0.3, -0.25) is 0 Å². The number of aliphatic hydroxyl groups excluding tert-OH is 1. The molecule has 0 saturated carbocycles. The molecule has 1 rings (SSSR count). The van der Waals surface area contributed by atoms with E-state index in [2.05, 4.69) is 0 Å². The minimum Gasteiger partial charge on any atom is -0.488 e. The average molecular weight is 223 g/mol. The van der Waals surface area contributed by atoms with Crippen molar-refractivity contribution in [2.75, 3.05) is 12.5 Å². The number of alkyl halides is 1. The molecule has 0 aliphatic heterocycles. The monoisotopic (exact) mass is 222 g/mol. The molecule has 1 unspecified atom stereocenters. The zero-order chi connectivity index (χ0) is 10.6. The molecule has 2 nitrogen and oxygen atoms in total. The van der Waals surface area contributed by atoms with Gasteiger partial charge in [-0.15, -0.1) is 11.6 Å². The van der Waals surface area contributed by atoms with E-state index in [9.17, 15) is 8.78 Å². The molecule has 78 valence electrons. The van der Waals surface area contributed by atoms with E-state index in [1.54, 1.807) is 0 Å². The summed E-state index contributed by atoms with van der Waals surface area (Å²) in [6, 6.07) is 2.94. The summed E-state index contributed by atoms with van der Waals surface area (Å²) >= 11 is 5.30. The van der Waals surface area contributed by atoms with Crippen LogP contribution in [-0.2, 0) is 0 Å². The van der Waals surface area contributed by atoms with E-state index in [0.29, 0.717) is 6.07 Å². The van der Waals surface area contributed by atoms with Crippen LogP contribution in [0.1, 0.15) is 0 Å². The molecule has 5 heteroatoms. The SMILES string of the molecule is OC(CCl)COc1ccc(F)cc1F. The maximum atomic E-state index is 12.9. The molecular formula is C9H9ClF2O2. The molecule has 0 saturated heterocycles. The summed E-state index contributed by atoms with van der Waals surface area (Å²) in [7, 11) is 0. The molecule has 0 aromatic heterocycles. The zero-order valence-electron chi connectivity index (χ0n) is 7.21. The van der Waals surface area contributed by atoms with E-state index in [-0.39, 0.29) is 18.2 Å². The highest BCUT2D eigenvalue weighted by Crippen LogP contribution is 2.17. The van der Waals surface area contributed by atoms with E-state index >= 15 is 0 Å². The van der Waals surface area contributed by atoms with E-state index in [1.165, 1.54) is 0 Å². The first-order valence-electron chi connectivity index (χ1n) is 3.95. The third-order valence-electron chi connectivity index (χ3n) is 1.50. The van der Waals surface area contributed by atoms with E-state index in [0.717, 1.165) is 12.1 Å². The minimum atomic E-state index is -0.860. The van der Waals surface area contributed by atoms with Gasteiger partial charge >= 0.3 is 0 Å². The Balaban J connectivity index is 2.59. The summed E-state index contributed by atoms with van der Waals surface area (Å²) in [5, 5.41) is 9.01. The highest BCUT2D eigenvalue weighted by atomic mass is 35.5. The number of hydrogen-bond acceptors (Lipinski definition) is 2. The summed E-state index contributed by atoms with van der Waals surface area (Å²) in [5.74, 6) is -1.57. The second kappa shape index (κ2) is 5.12. The maximum absolute atomic E-state index is 12.9. The van der Waals surface area contributed by atoms with Crippen LogP contribution in [0, 0.1) is 11.6 Å². The van der Waals surface area contributed by atoms with Crippen LogP contribution >= 0.6 is 11.6 Å². The predicted molar refractivity (Wildman–Crippen MR) is 48.6 cm³/mol. The highest BCUT2D eigenvalue weighted by molar-refractivity contribution is 6.18. The summed E-state index contributed by atoms with van der Waals surface area (Å²) in [4.78, 5) is 0. The van der Waals surface area contributed by atoms with Crippen molar-refractivity contribution >= 4 is 11.6 Å². The lowest BCUT2D eigenvalue weighted by Crippen LogP contribution is -2.19. The van der Waals surface area contributed by atoms with Crippen molar-refractivity contribution in [2.45, 2.75) is 6.10 Å². The smallest absolute Gasteiger partial charge is 0.167 e. The Kier molecular flexibility index (Phi) is 4.10. The number of rotatable bonds is 4. The van der Waals surface area contributed by atoms with Crippen molar-refractivity contribution in [1.82, 2.24) is 0 Å². The van der Waals surface area contributed by atoms with Crippen molar-refractivity contribution in [2.24, 2.45) is 0 Å². The van der Waals surface area contributed by atoms with Gasteiger partial charge < -0.3 is 9.84 Å². The van der Waals surface area contributed by atoms with Gasteiger partial charge in [0.15, 0.2) is 11.6 Å². The first kappa shape index (κ1) is 11.2. The van der Waals surface area contributed by atoms with E-state index in [1.807, 2.05) is 0 Å². The lowest BCUT2D eigenvalue weighted by molar-refractivity contribution is 0.122. The van der Waals surface area contributed by atoms with Crippen LogP contribution in [-0.4, -0.2) is 23.7 Å². The summed E-state index contributed by atoms with van der Waals surface area (Å²) in [6.45, 7) is -0.119. The van der Waals surface area contributed by atoms with Crippen molar-refractivity contribution in [1.29, 1.82) is 0 Å². The summed E-state index contributed by atoms with van der Waals surface area (Å²) in [5.41, 5.74) is 0. The van der Waals surface area contributed by atoms with Gasteiger partial charge in [-0.25, -0.2) is 8.78 Å². The van der Waals surface area contributed by atoms with Gasteiger partial charge in [0, 0.05) is 6.07 Å². The lowest BCUT2D eigenvalue weighted by Gasteiger charge is -2.09. The van der Waals surface area contributed by atoms with Gasteiger partial charge in [-0.2, -0.15) is 0 Å². The van der Waals surface area contributed by atoms with Crippen LogP contribution in [0.2, 0.25) is 0 Å². The largest absolute Gasteiger partial charge is 0.488 e. The quantitative estimate of drug-likeness (QED) is 0.789. The van der Waals surface area contributed by atoms with Crippen LogP contribution in [0.3, 0.4) is 0 Å². The number of ether oxygens (including phenoxy) is 1. The van der Waals surface area contributed by atoms with Crippen molar-refractivity contribution in [3.63, 3.8) is 0 Å². The molecule has 0 radical (unpaired) electrons. The summed E-state index contributed by atoms with van der Waals surface area (Å²) < 4.78 is 30.2. The first-order valence-corrected chi connectivity index (χ1v) is 4.49. The van der Waals surface area contributed by atoms with Crippen LogP contribution in [0.15, 0.2) is 18.2 Å². The molecule has 0 aliphatic carbocycles. The van der Waals surface area contributed by atoms with Crippen LogP contribution < -0.4 is 4.74 Å². The Bertz CT molecular complexity index is 307. The van der Waals surface area contributed by atoms with Gasteiger partial charge in [0.1, 0.15) is 18.5 Å². The molecule has 0 spiro atoms. The van der Waals surface area contributed by atoms with Crippen LogP contribution in [0.4, 0.5) is 8.78 Å². The van der Waals surface area contributed by atoms with Crippen LogP contribution in [0.25, 0.3) is 0 Å². The topological polar surface area (TPSA) is 29.5 Å². The molecule has 0 bridgehead atoms. The highest BCUT2D eigenvalue weighted by Gasteiger charge is 2.07. The zero-order valence-corrected chi connectivity index (χ0v) is 7.97. The predicted octanol–water partition coefficient (Wildman–Crippen LogP) is 1.94. The van der Waals surface area contributed by atoms with Crippen molar-refractivity contribution < 1.29 is 18.6 Å². The van der Waals surface area contributed by atoms with Crippen molar-refractivity contribution in [3.05, 3.63) is 29.8 Å². The molecule has 0 amide bonds. The molecule has 14 heavy (non-hydrogen) atoms. The standard InChI is InChI=1S/C9H9ClF2O2/c10-4-7(13)5-14-9-2-1-6(11)3-8(9)12/h1-3,7,13H,4-5H2. The molecule has 0 heterocycles. The normalized spacial score (nSPS) is 12.6. The second-order valence-electron chi connectivity index (χ2n) is 2.69. The molecule has 1 N–H and O–H groups in total. The second-order valence-corrected chi connectivity index (χ2v) is 3.00. The molecule has 1 aromatic rings. The molecule has 0 aliphatic rings. The Morgan fingerprint density at radius 2 is 2.14 bits per heavy atom. The third kappa shape index (κ3) is 3.12. The fraction of sp³-hybridized carbons (Fsp3) is 0.333. The number of aliphatic hydroxyl groups is 1. The van der Waals surface area contributed by atoms with E-state index < -0.39 is 17.7 Å². The fourth-order valence-corrected chi connectivity index (χ4v) is 0.912. The van der Waals surface area contributed by atoms with Gasteiger partial charge in [-0.1, -0.05) is 0 Å². The minimum absolute atomic E-state index is 0.00279. The number of benzene rings is 1. The van der Waals surface area contributed by atoms with Gasteiger partial charge in [0.25, 0.3) is 0 Å². The van der Waals surface area contributed by atoms with Gasteiger partial charge in [-0.05, 0) is 12.1 Å². The number of hydrogen-bond donors (Lipinski definition) is 1. The fourth-order valence-electron chi connectivity index (χ4n) is 0.823. The van der Waals surface area contributed by atoms with E-state index in [4.69, 9.17) is 21.4 Å². The Morgan fingerprint density at radius 1 is 1.43 bits per heavy atom. The Morgan fingerprint density at radius 3 is 2.71 bits per heavy atom. The Hall–Kier alpha value is -0.870. The van der Waals surface area contributed by atoms with Gasteiger partial charge in [0.05, 0.1) is 5.88 Å². The Labute approximate surface area is 85.1 Å².